The van der Waals surface area contributed by atoms with E-state index >= 15 is 0 Å². The molecule has 0 unspecified atom stereocenters. The average Bonchev–Trinajstić information content (AvgIpc) is 3.29. The minimum absolute atomic E-state index is 0.199. The van der Waals surface area contributed by atoms with Gasteiger partial charge in [-0.15, -0.1) is 10.2 Å². The van der Waals surface area contributed by atoms with Crippen molar-refractivity contribution < 1.29 is 9.59 Å². The van der Waals surface area contributed by atoms with Gasteiger partial charge in [0.2, 0.25) is 5.13 Å². The van der Waals surface area contributed by atoms with Crippen LogP contribution in [0.3, 0.4) is 0 Å². The summed E-state index contributed by atoms with van der Waals surface area (Å²) in [5.74, 6) is 0.266. The van der Waals surface area contributed by atoms with Crippen LogP contribution in [0.5, 0.6) is 0 Å². The van der Waals surface area contributed by atoms with Gasteiger partial charge in [-0.3, -0.25) is 19.9 Å². The van der Waals surface area contributed by atoms with E-state index in [1.807, 2.05) is 17.7 Å². The molecule has 0 radical (unpaired) electrons. The van der Waals surface area contributed by atoms with Gasteiger partial charge in [-0.25, -0.2) is 9.78 Å². The predicted octanol–water partition coefficient (Wildman–Crippen LogP) is 3.91. The maximum Gasteiger partial charge on any atom is 0.329 e. The number of imidazole rings is 1. The van der Waals surface area contributed by atoms with Gasteiger partial charge < -0.3 is 4.57 Å². The molecule has 0 saturated heterocycles. The Morgan fingerprint density at radius 2 is 1.93 bits per heavy atom. The minimum atomic E-state index is -0.276. The molecule has 154 valence electrons. The van der Waals surface area contributed by atoms with Crippen LogP contribution < -0.4 is 10.2 Å². The first-order valence-corrected chi connectivity index (χ1v) is 11.0. The van der Waals surface area contributed by atoms with Crippen LogP contribution in [-0.4, -0.2) is 50.7 Å². The highest BCUT2D eigenvalue weighted by Crippen LogP contribution is 2.39. The summed E-state index contributed by atoms with van der Waals surface area (Å²) >= 11 is 5.91. The summed E-state index contributed by atoms with van der Waals surface area (Å²) in [6.07, 6.45) is 0. The topological polar surface area (TPSA) is 96.3 Å². The predicted molar refractivity (Wildman–Crippen MR) is 120 cm³/mol. The van der Waals surface area contributed by atoms with E-state index < -0.39 is 0 Å². The molecule has 12 heteroatoms. The fraction of sp³-hybridized carbons (Fsp3) is 0.167. The van der Waals surface area contributed by atoms with Crippen molar-refractivity contribution in [3.05, 3.63) is 46.6 Å². The van der Waals surface area contributed by atoms with E-state index in [-0.39, 0.29) is 11.9 Å². The number of halogens is 1. The zero-order valence-corrected chi connectivity index (χ0v) is 19.4. The van der Waals surface area contributed by atoms with Crippen LogP contribution in [0.4, 0.5) is 15.7 Å². The molecule has 0 aliphatic carbocycles. The monoisotopic (exact) mass is 505 g/mol. The first-order chi connectivity index (χ1) is 14.3. The normalized spacial score (nSPS) is 13.6. The van der Waals surface area contributed by atoms with E-state index in [0.29, 0.717) is 36.2 Å². The van der Waals surface area contributed by atoms with Crippen molar-refractivity contribution in [1.82, 2.24) is 24.6 Å². The summed E-state index contributed by atoms with van der Waals surface area (Å²) < 4.78 is 3.17. The van der Waals surface area contributed by atoms with Gasteiger partial charge in [0.25, 0.3) is 5.91 Å². The maximum atomic E-state index is 12.4. The number of aromatic nitrogens is 4. The Balaban J connectivity index is 1.55. The average molecular weight is 506 g/mol. The summed E-state index contributed by atoms with van der Waals surface area (Å²) in [4.78, 5) is 32.3. The Bertz CT molecular complexity index is 1190. The number of benzene rings is 1. The van der Waals surface area contributed by atoms with Gasteiger partial charge in [-0.05, 0) is 39.8 Å². The molecule has 4 rings (SSSR count). The number of hydrogen-bond donors (Lipinski definition) is 1. The summed E-state index contributed by atoms with van der Waals surface area (Å²) in [5, 5.41) is 12.0. The molecule has 0 bridgehead atoms. The quantitative estimate of drug-likeness (QED) is 0.540. The third kappa shape index (κ3) is 3.50. The fourth-order valence-electron chi connectivity index (χ4n) is 2.89. The summed E-state index contributed by atoms with van der Waals surface area (Å²) in [7, 11) is 5.20. The molecular formula is C18H16BrN7O2S2. The lowest BCUT2D eigenvalue weighted by Crippen LogP contribution is -2.42. The molecule has 3 heterocycles. The Kier molecular flexibility index (Phi) is 5.38. The van der Waals surface area contributed by atoms with Crippen LogP contribution in [0.1, 0.15) is 16.1 Å². The van der Waals surface area contributed by atoms with E-state index in [2.05, 4.69) is 43.0 Å². The van der Waals surface area contributed by atoms with Crippen molar-refractivity contribution in [2.75, 3.05) is 24.3 Å². The molecule has 9 nitrogen and oxygen atoms in total. The van der Waals surface area contributed by atoms with Crippen LogP contribution in [0, 0.1) is 0 Å². The molecule has 3 aromatic rings. The zero-order chi connectivity index (χ0) is 21.6. The number of hydrogen-bond acceptors (Lipinski definition) is 7. The smallest absolute Gasteiger partial charge is 0.319 e. The molecule has 30 heavy (non-hydrogen) atoms. The van der Waals surface area contributed by atoms with Crippen LogP contribution in [0.15, 0.2) is 44.8 Å². The lowest BCUT2D eigenvalue weighted by molar-refractivity contribution is 0.102. The zero-order valence-electron chi connectivity index (χ0n) is 16.2. The van der Waals surface area contributed by atoms with Gasteiger partial charge >= 0.3 is 6.03 Å². The number of anilines is 2. The molecule has 0 spiro atoms. The van der Waals surface area contributed by atoms with E-state index in [9.17, 15) is 9.59 Å². The van der Waals surface area contributed by atoms with Crippen molar-refractivity contribution in [1.29, 1.82) is 0 Å². The molecule has 0 saturated carbocycles. The second kappa shape index (κ2) is 7.85. The highest BCUT2D eigenvalue weighted by molar-refractivity contribution is 9.10. The number of rotatable bonds is 4. The molecule has 1 aromatic carbocycles. The number of carbonyl (C=O) groups is 2. The maximum absolute atomic E-state index is 12.4. The molecule has 0 fully saturated rings. The van der Waals surface area contributed by atoms with Crippen LogP contribution in [0.25, 0.3) is 5.70 Å². The van der Waals surface area contributed by atoms with Crippen LogP contribution >= 0.6 is 39.0 Å². The summed E-state index contributed by atoms with van der Waals surface area (Å²) in [6, 6.07) is 6.94. The van der Waals surface area contributed by atoms with Crippen molar-refractivity contribution >= 4 is 67.6 Å². The number of carbonyl (C=O) groups excluding carboxylic acids is 2. The minimum Gasteiger partial charge on any atom is -0.319 e. The first-order valence-electron chi connectivity index (χ1n) is 8.62. The lowest BCUT2D eigenvalue weighted by Gasteiger charge is -2.31. The molecule has 2 aromatic heterocycles. The SMILES string of the molecule is C=C1c2c(nc(Sc3nnc(NC(=O)c4ccccc4Br)s3)n2C)N(C)C(=O)N1C. The van der Waals surface area contributed by atoms with Crippen LogP contribution in [-0.2, 0) is 7.05 Å². The number of nitrogens with zero attached hydrogens (tertiary/aromatic N) is 6. The summed E-state index contributed by atoms with van der Waals surface area (Å²) in [5.41, 5.74) is 1.84. The van der Waals surface area contributed by atoms with Gasteiger partial charge in [0.1, 0.15) is 5.69 Å². The van der Waals surface area contributed by atoms with Gasteiger partial charge in [-0.2, -0.15) is 0 Å². The second-order valence-corrected chi connectivity index (χ2v) is 9.43. The Labute approximate surface area is 188 Å². The molecular weight excluding hydrogens is 490 g/mol. The number of urea groups is 1. The molecule has 0 atom stereocenters. The molecule has 3 amide bonds. The largest absolute Gasteiger partial charge is 0.329 e. The number of amides is 3. The summed E-state index contributed by atoms with van der Waals surface area (Å²) in [6.45, 7) is 4.01. The number of nitrogens with one attached hydrogen (secondary N) is 1. The Morgan fingerprint density at radius 1 is 1.20 bits per heavy atom. The van der Waals surface area contributed by atoms with Crippen molar-refractivity contribution in [2.45, 2.75) is 9.50 Å². The molecule has 1 aliphatic rings. The third-order valence-electron chi connectivity index (χ3n) is 4.53. The van der Waals surface area contributed by atoms with Crippen molar-refractivity contribution in [2.24, 2.45) is 7.05 Å². The standard InChI is InChI=1S/C18H16BrN7O2S2/c1-9-12-13(26(4)18(28)24(9)2)20-16(25(12)3)30-17-23-22-15(29-17)21-14(27)10-7-5-6-8-11(10)19/h5-8H,1H2,2-4H3,(H,21,22,27). The van der Waals surface area contributed by atoms with E-state index in [4.69, 9.17) is 0 Å². The van der Waals surface area contributed by atoms with Crippen molar-refractivity contribution in [3.8, 4) is 0 Å². The number of fused-ring (bicyclic) bond motifs is 1. The van der Waals surface area contributed by atoms with Gasteiger partial charge in [-0.1, -0.05) is 30.0 Å². The third-order valence-corrected chi connectivity index (χ3v) is 7.16. The van der Waals surface area contributed by atoms with Gasteiger partial charge in [0, 0.05) is 25.6 Å². The van der Waals surface area contributed by atoms with E-state index in [0.717, 1.165) is 5.69 Å². The van der Waals surface area contributed by atoms with Crippen LogP contribution in [0.2, 0.25) is 0 Å². The molecule has 1 N–H and O–H groups in total. The molecule has 1 aliphatic heterocycles. The fourth-order valence-corrected chi connectivity index (χ4v) is 5.05. The van der Waals surface area contributed by atoms with E-state index in [1.54, 1.807) is 32.3 Å². The first kappa shape index (κ1) is 20.6. The van der Waals surface area contributed by atoms with Gasteiger partial charge in [0.15, 0.2) is 15.3 Å². The second-order valence-electron chi connectivity index (χ2n) is 6.38. The Hall–Kier alpha value is -2.70. The highest BCUT2D eigenvalue weighted by Gasteiger charge is 2.33. The Morgan fingerprint density at radius 3 is 2.67 bits per heavy atom. The van der Waals surface area contributed by atoms with Gasteiger partial charge in [0.05, 0.1) is 11.3 Å². The highest BCUT2D eigenvalue weighted by atomic mass is 79.9. The van der Waals surface area contributed by atoms with E-state index in [1.165, 1.54) is 32.9 Å². The lowest BCUT2D eigenvalue weighted by atomic mass is 10.2. The van der Waals surface area contributed by atoms with Crippen molar-refractivity contribution in [3.63, 3.8) is 0 Å².